The van der Waals surface area contributed by atoms with Gasteiger partial charge >= 0.3 is 6.09 Å². The number of hydrogen-bond acceptors (Lipinski definition) is 4. The first-order valence-electron chi connectivity index (χ1n) is 15.2. The zero-order valence-electron chi connectivity index (χ0n) is 26.8. The first-order chi connectivity index (χ1) is 20.3. The van der Waals surface area contributed by atoms with Crippen molar-refractivity contribution in [3.05, 3.63) is 64.2 Å². The van der Waals surface area contributed by atoms with E-state index in [-0.39, 0.29) is 11.8 Å². The summed E-state index contributed by atoms with van der Waals surface area (Å²) in [5.41, 5.74) is 1.81. The zero-order chi connectivity index (χ0) is 32.2. The maximum Gasteiger partial charge on any atom is 0.408 e. The Morgan fingerprint density at radius 1 is 1.02 bits per heavy atom. The normalized spacial score (nSPS) is 12.7. The van der Waals surface area contributed by atoms with E-state index in [9.17, 15) is 14.4 Å². The third-order valence-electron chi connectivity index (χ3n) is 6.91. The number of terminal acetylenes is 1. The summed E-state index contributed by atoms with van der Waals surface area (Å²) in [5, 5.41) is 6.18. The smallest absolute Gasteiger partial charge is 0.408 e. The number of nitrogens with one attached hydrogen (secondary N) is 2. The van der Waals surface area contributed by atoms with Gasteiger partial charge in [0.1, 0.15) is 17.7 Å². The Hall–Kier alpha value is -3.50. The van der Waals surface area contributed by atoms with E-state index in [4.69, 9.17) is 22.8 Å². The van der Waals surface area contributed by atoms with Crippen LogP contribution in [-0.4, -0.2) is 41.0 Å². The summed E-state index contributed by atoms with van der Waals surface area (Å²) in [6.45, 7) is 13.6. The molecule has 0 aromatic heterocycles. The molecule has 0 spiro atoms. The number of alkyl carbamates (subject to hydrolysis) is 1. The van der Waals surface area contributed by atoms with Crippen molar-refractivity contribution in [2.75, 3.05) is 11.9 Å². The van der Waals surface area contributed by atoms with Crippen LogP contribution in [0, 0.1) is 25.2 Å². The van der Waals surface area contributed by atoms with Crippen molar-refractivity contribution >= 4 is 35.2 Å². The highest BCUT2D eigenvalue weighted by atomic mass is 35.5. The number of anilines is 1. The second kappa shape index (κ2) is 17.0. The van der Waals surface area contributed by atoms with Gasteiger partial charge in [0, 0.05) is 12.1 Å². The Bertz CT molecular complexity index is 1240. The molecule has 0 saturated carbocycles. The molecule has 8 heteroatoms. The van der Waals surface area contributed by atoms with Crippen molar-refractivity contribution in [3.8, 4) is 12.3 Å². The number of nitrogens with zero attached hydrogens (tertiary/aromatic N) is 1. The summed E-state index contributed by atoms with van der Waals surface area (Å²) in [5.74, 6) is 1.92. The molecule has 43 heavy (non-hydrogen) atoms. The Balaban J connectivity index is 2.59. The number of benzene rings is 2. The molecule has 2 rings (SSSR count). The van der Waals surface area contributed by atoms with E-state index in [0.717, 1.165) is 31.2 Å². The maximum absolute atomic E-state index is 14.4. The standard InChI is InChI=1S/C35H48ClN3O4/c1-9-11-12-13-14-22-39(33(41)29(23-24(3)4)37-34(42)43-35(6,7)8)31(27-20-18-26(10-2)19-21-27)32(40)38-30-25(5)16-15-17-28(30)36/h2,15-21,24,29,31H,9,11-14,22-23H2,1,3-8H3,(H,37,42)(H,38,40). The predicted octanol–water partition coefficient (Wildman–Crippen LogP) is 8.05. The van der Waals surface area contributed by atoms with Crippen LogP contribution in [0.4, 0.5) is 10.5 Å². The molecule has 2 unspecified atom stereocenters. The second-order valence-electron chi connectivity index (χ2n) is 12.4. The fourth-order valence-corrected chi connectivity index (χ4v) is 5.08. The molecule has 0 heterocycles. The molecule has 0 aliphatic heterocycles. The van der Waals surface area contributed by atoms with E-state index in [1.165, 1.54) is 0 Å². The van der Waals surface area contributed by atoms with Gasteiger partial charge in [-0.1, -0.05) is 88.2 Å². The number of unbranched alkanes of at least 4 members (excludes halogenated alkanes) is 4. The molecule has 0 aliphatic carbocycles. The minimum absolute atomic E-state index is 0.0863. The number of amides is 3. The Morgan fingerprint density at radius 3 is 2.23 bits per heavy atom. The van der Waals surface area contributed by atoms with Gasteiger partial charge in [0.15, 0.2) is 0 Å². The molecule has 0 bridgehead atoms. The Morgan fingerprint density at radius 2 is 1.67 bits per heavy atom. The Labute approximate surface area is 263 Å². The molecule has 0 aliphatic rings. The van der Waals surface area contributed by atoms with Crippen LogP contribution in [0.25, 0.3) is 0 Å². The van der Waals surface area contributed by atoms with E-state index in [1.807, 2.05) is 32.9 Å². The van der Waals surface area contributed by atoms with E-state index in [0.29, 0.717) is 41.2 Å². The number of ether oxygens (including phenoxy) is 1. The summed E-state index contributed by atoms with van der Waals surface area (Å²) >= 11 is 6.48. The van der Waals surface area contributed by atoms with E-state index >= 15 is 0 Å². The average Bonchev–Trinajstić information content (AvgIpc) is 2.92. The minimum atomic E-state index is -1.00. The molecule has 0 radical (unpaired) electrons. The van der Waals surface area contributed by atoms with Gasteiger partial charge in [0.25, 0.3) is 5.91 Å². The summed E-state index contributed by atoms with van der Waals surface area (Å²) in [7, 11) is 0. The van der Waals surface area contributed by atoms with Crippen molar-refractivity contribution in [1.29, 1.82) is 0 Å². The zero-order valence-corrected chi connectivity index (χ0v) is 27.5. The highest BCUT2D eigenvalue weighted by Gasteiger charge is 2.36. The second-order valence-corrected chi connectivity index (χ2v) is 12.8. The lowest BCUT2D eigenvalue weighted by atomic mass is 9.98. The first-order valence-corrected chi connectivity index (χ1v) is 15.6. The van der Waals surface area contributed by atoms with Crippen LogP contribution in [0.3, 0.4) is 0 Å². The Kier molecular flexibility index (Phi) is 14.1. The molecule has 2 aromatic carbocycles. The van der Waals surface area contributed by atoms with Crippen LogP contribution in [0.5, 0.6) is 0 Å². The van der Waals surface area contributed by atoms with Crippen LogP contribution in [-0.2, 0) is 14.3 Å². The topological polar surface area (TPSA) is 87.7 Å². The maximum atomic E-state index is 14.4. The largest absolute Gasteiger partial charge is 0.444 e. The van der Waals surface area contributed by atoms with Crippen LogP contribution in [0.2, 0.25) is 5.02 Å². The summed E-state index contributed by atoms with van der Waals surface area (Å²) < 4.78 is 5.50. The number of para-hydroxylation sites is 1. The molecular weight excluding hydrogens is 562 g/mol. The van der Waals surface area contributed by atoms with Crippen molar-refractivity contribution in [3.63, 3.8) is 0 Å². The van der Waals surface area contributed by atoms with Crippen molar-refractivity contribution in [2.24, 2.45) is 5.92 Å². The molecule has 2 N–H and O–H groups in total. The highest BCUT2D eigenvalue weighted by Crippen LogP contribution is 2.30. The molecular formula is C35H48ClN3O4. The van der Waals surface area contributed by atoms with Gasteiger partial charge in [-0.15, -0.1) is 6.42 Å². The van der Waals surface area contributed by atoms with E-state index < -0.39 is 29.7 Å². The van der Waals surface area contributed by atoms with Gasteiger partial charge in [0.05, 0.1) is 10.7 Å². The third kappa shape index (κ3) is 11.6. The predicted molar refractivity (Wildman–Crippen MR) is 175 cm³/mol. The van der Waals surface area contributed by atoms with Crippen LogP contribution in [0.15, 0.2) is 42.5 Å². The molecule has 0 fully saturated rings. The molecule has 0 saturated heterocycles. The number of rotatable bonds is 14. The number of carbonyl (C=O) groups excluding carboxylic acids is 3. The van der Waals surface area contributed by atoms with E-state index in [2.05, 4.69) is 23.5 Å². The van der Waals surface area contributed by atoms with Crippen LogP contribution < -0.4 is 10.6 Å². The number of halogens is 1. The summed E-state index contributed by atoms with van der Waals surface area (Å²) in [4.78, 5) is 43.1. The van der Waals surface area contributed by atoms with Gasteiger partial charge in [0.2, 0.25) is 5.91 Å². The molecule has 2 atom stereocenters. The third-order valence-corrected chi connectivity index (χ3v) is 7.22. The number of hydrogen-bond donors (Lipinski definition) is 2. The lowest BCUT2D eigenvalue weighted by Gasteiger charge is -2.35. The molecule has 2 aromatic rings. The minimum Gasteiger partial charge on any atom is -0.444 e. The van der Waals surface area contributed by atoms with Crippen LogP contribution >= 0.6 is 11.6 Å². The van der Waals surface area contributed by atoms with Gasteiger partial charge in [-0.05, 0) is 75.8 Å². The lowest BCUT2D eigenvalue weighted by Crippen LogP contribution is -2.53. The highest BCUT2D eigenvalue weighted by molar-refractivity contribution is 6.34. The molecule has 3 amide bonds. The fourth-order valence-electron chi connectivity index (χ4n) is 4.81. The quantitative estimate of drug-likeness (QED) is 0.168. The molecule has 234 valence electrons. The van der Waals surface area contributed by atoms with Gasteiger partial charge in [-0.3, -0.25) is 9.59 Å². The monoisotopic (exact) mass is 609 g/mol. The first kappa shape index (κ1) is 35.7. The van der Waals surface area contributed by atoms with Gasteiger partial charge < -0.3 is 20.3 Å². The number of aryl methyl sites for hydroxylation is 1. The van der Waals surface area contributed by atoms with Crippen molar-refractivity contribution in [2.45, 2.75) is 105 Å². The molecule has 7 nitrogen and oxygen atoms in total. The van der Waals surface area contributed by atoms with Crippen LogP contribution in [0.1, 0.15) is 103 Å². The fraction of sp³-hybridized carbons (Fsp3) is 0.514. The number of carbonyl (C=O) groups is 3. The lowest BCUT2D eigenvalue weighted by molar-refractivity contribution is -0.141. The van der Waals surface area contributed by atoms with E-state index in [1.54, 1.807) is 56.0 Å². The van der Waals surface area contributed by atoms with Gasteiger partial charge in [-0.25, -0.2) is 4.79 Å². The summed E-state index contributed by atoms with van der Waals surface area (Å²) in [6.07, 6.45) is 10.1. The van der Waals surface area contributed by atoms with Crippen molar-refractivity contribution in [1.82, 2.24) is 10.2 Å². The van der Waals surface area contributed by atoms with Gasteiger partial charge in [-0.2, -0.15) is 0 Å². The summed E-state index contributed by atoms with van der Waals surface area (Å²) in [6, 6.07) is 10.5. The SMILES string of the molecule is C#Cc1ccc(C(C(=O)Nc2c(C)cccc2Cl)N(CCCCCCC)C(=O)C(CC(C)C)NC(=O)OC(C)(C)C)cc1. The van der Waals surface area contributed by atoms with Crippen molar-refractivity contribution < 1.29 is 19.1 Å². The average molecular weight is 610 g/mol.